The van der Waals surface area contributed by atoms with Gasteiger partial charge in [0.2, 0.25) is 11.7 Å². The van der Waals surface area contributed by atoms with Crippen molar-refractivity contribution >= 4 is 22.6 Å². The minimum atomic E-state index is 0.226. The summed E-state index contributed by atoms with van der Waals surface area (Å²) in [6, 6.07) is 8.02. The molecular formula is C13H15IN2O2. The average Bonchev–Trinajstić information content (AvgIpc) is 2.78. The first kappa shape index (κ1) is 13.5. The SMILES string of the molecule is CC(C)OCCc1nc(-c2ccc(I)cc2)no1. The van der Waals surface area contributed by atoms with E-state index in [0.29, 0.717) is 24.7 Å². The fraction of sp³-hybridized carbons (Fsp3) is 0.385. The molecule has 4 nitrogen and oxygen atoms in total. The Morgan fingerprint density at radius 1 is 1.28 bits per heavy atom. The van der Waals surface area contributed by atoms with Crippen molar-refractivity contribution < 1.29 is 9.26 Å². The van der Waals surface area contributed by atoms with Crippen LogP contribution in [-0.2, 0) is 11.2 Å². The Balaban J connectivity index is 1.99. The lowest BCUT2D eigenvalue weighted by Gasteiger charge is -2.04. The summed E-state index contributed by atoms with van der Waals surface area (Å²) in [7, 11) is 0. The number of hydrogen-bond acceptors (Lipinski definition) is 4. The second-order valence-corrected chi connectivity index (χ2v) is 5.43. The number of rotatable bonds is 5. The Hall–Kier alpha value is -0.950. The molecule has 0 saturated heterocycles. The number of nitrogens with zero attached hydrogens (tertiary/aromatic N) is 2. The molecule has 96 valence electrons. The summed E-state index contributed by atoms with van der Waals surface area (Å²) in [4.78, 5) is 4.35. The molecule has 0 spiro atoms. The van der Waals surface area contributed by atoms with E-state index in [4.69, 9.17) is 9.26 Å². The lowest BCUT2D eigenvalue weighted by Crippen LogP contribution is -2.06. The molecule has 0 saturated carbocycles. The van der Waals surface area contributed by atoms with Gasteiger partial charge in [-0.05, 0) is 48.6 Å². The van der Waals surface area contributed by atoms with Crippen LogP contribution >= 0.6 is 22.6 Å². The van der Waals surface area contributed by atoms with Crippen LogP contribution in [0.25, 0.3) is 11.4 Å². The van der Waals surface area contributed by atoms with Gasteiger partial charge < -0.3 is 9.26 Å². The zero-order valence-corrected chi connectivity index (χ0v) is 12.5. The normalized spacial score (nSPS) is 11.1. The predicted molar refractivity (Wildman–Crippen MR) is 77.2 cm³/mol. The zero-order chi connectivity index (χ0) is 13.0. The summed E-state index contributed by atoms with van der Waals surface area (Å²) >= 11 is 2.26. The van der Waals surface area contributed by atoms with E-state index in [1.165, 1.54) is 3.57 Å². The average molecular weight is 358 g/mol. The molecule has 0 bridgehead atoms. The molecule has 0 unspecified atom stereocenters. The van der Waals surface area contributed by atoms with E-state index in [0.717, 1.165) is 5.56 Å². The van der Waals surface area contributed by atoms with Crippen LogP contribution in [0, 0.1) is 3.57 Å². The Labute approximate surface area is 120 Å². The van der Waals surface area contributed by atoms with E-state index in [1.54, 1.807) is 0 Å². The van der Waals surface area contributed by atoms with Gasteiger partial charge in [-0.2, -0.15) is 4.98 Å². The second-order valence-electron chi connectivity index (χ2n) is 4.19. The van der Waals surface area contributed by atoms with E-state index in [9.17, 15) is 0 Å². The summed E-state index contributed by atoms with van der Waals surface area (Å²) < 4.78 is 11.8. The number of halogens is 1. The van der Waals surface area contributed by atoms with Crippen molar-refractivity contribution in [3.8, 4) is 11.4 Å². The maximum Gasteiger partial charge on any atom is 0.229 e. The lowest BCUT2D eigenvalue weighted by atomic mass is 10.2. The highest BCUT2D eigenvalue weighted by atomic mass is 127. The molecule has 0 amide bonds. The molecule has 0 radical (unpaired) electrons. The van der Waals surface area contributed by atoms with Gasteiger partial charge in [-0.3, -0.25) is 0 Å². The molecule has 18 heavy (non-hydrogen) atoms. The summed E-state index contributed by atoms with van der Waals surface area (Å²) in [6.07, 6.45) is 0.874. The molecule has 2 aromatic rings. The van der Waals surface area contributed by atoms with Crippen LogP contribution < -0.4 is 0 Å². The maximum atomic E-state index is 5.45. The Morgan fingerprint density at radius 2 is 2.00 bits per heavy atom. The van der Waals surface area contributed by atoms with E-state index >= 15 is 0 Å². The van der Waals surface area contributed by atoms with E-state index in [2.05, 4.69) is 32.7 Å². The molecule has 5 heteroatoms. The van der Waals surface area contributed by atoms with Gasteiger partial charge >= 0.3 is 0 Å². The van der Waals surface area contributed by atoms with E-state index < -0.39 is 0 Å². The van der Waals surface area contributed by atoms with Gasteiger partial charge in [0.25, 0.3) is 0 Å². The topological polar surface area (TPSA) is 48.2 Å². The summed E-state index contributed by atoms with van der Waals surface area (Å²) in [5.74, 6) is 1.25. The van der Waals surface area contributed by atoms with Gasteiger partial charge in [-0.25, -0.2) is 0 Å². The highest BCUT2D eigenvalue weighted by Gasteiger charge is 2.08. The van der Waals surface area contributed by atoms with E-state index in [-0.39, 0.29) is 6.10 Å². The molecule has 0 aliphatic rings. The van der Waals surface area contributed by atoms with Crippen LogP contribution in [0.1, 0.15) is 19.7 Å². The van der Waals surface area contributed by atoms with Gasteiger partial charge in [0.1, 0.15) is 0 Å². The quantitative estimate of drug-likeness (QED) is 0.770. The Kier molecular flexibility index (Phi) is 4.71. The van der Waals surface area contributed by atoms with Crippen molar-refractivity contribution in [1.29, 1.82) is 0 Å². The maximum absolute atomic E-state index is 5.45. The first-order valence-corrected chi connectivity index (χ1v) is 6.93. The van der Waals surface area contributed by atoms with Gasteiger partial charge in [-0.15, -0.1) is 0 Å². The smallest absolute Gasteiger partial charge is 0.229 e. The minimum Gasteiger partial charge on any atom is -0.378 e. The molecule has 0 atom stereocenters. The van der Waals surface area contributed by atoms with Crippen LogP contribution in [0.15, 0.2) is 28.8 Å². The molecule has 1 aromatic carbocycles. The lowest BCUT2D eigenvalue weighted by molar-refractivity contribution is 0.0773. The fourth-order valence-corrected chi connectivity index (χ4v) is 1.81. The zero-order valence-electron chi connectivity index (χ0n) is 10.4. The predicted octanol–water partition coefficient (Wildman–Crippen LogP) is 3.31. The van der Waals surface area contributed by atoms with Gasteiger partial charge in [0, 0.05) is 9.13 Å². The number of aromatic nitrogens is 2. The molecule has 0 N–H and O–H groups in total. The van der Waals surface area contributed by atoms with Crippen molar-refractivity contribution in [3.63, 3.8) is 0 Å². The van der Waals surface area contributed by atoms with Crippen molar-refractivity contribution in [2.75, 3.05) is 6.61 Å². The third-order valence-electron chi connectivity index (χ3n) is 2.34. The summed E-state index contributed by atoms with van der Waals surface area (Å²) in [6.45, 7) is 4.61. The van der Waals surface area contributed by atoms with Gasteiger partial charge in [-0.1, -0.05) is 17.3 Å². The van der Waals surface area contributed by atoms with Crippen LogP contribution in [-0.4, -0.2) is 22.9 Å². The first-order chi connectivity index (χ1) is 8.65. The molecule has 0 fully saturated rings. The summed E-state index contributed by atoms with van der Waals surface area (Å²) in [5, 5.41) is 3.97. The fourth-order valence-electron chi connectivity index (χ4n) is 1.45. The number of benzene rings is 1. The van der Waals surface area contributed by atoms with Gasteiger partial charge in [0.05, 0.1) is 19.1 Å². The Morgan fingerprint density at radius 3 is 2.67 bits per heavy atom. The van der Waals surface area contributed by atoms with Crippen LogP contribution in [0.5, 0.6) is 0 Å². The van der Waals surface area contributed by atoms with Crippen LogP contribution in [0.4, 0.5) is 0 Å². The van der Waals surface area contributed by atoms with Crippen LogP contribution in [0.2, 0.25) is 0 Å². The minimum absolute atomic E-state index is 0.226. The first-order valence-electron chi connectivity index (χ1n) is 5.85. The number of hydrogen-bond donors (Lipinski definition) is 0. The van der Waals surface area contributed by atoms with Crippen molar-refractivity contribution in [1.82, 2.24) is 10.1 Å². The van der Waals surface area contributed by atoms with Crippen molar-refractivity contribution in [2.45, 2.75) is 26.4 Å². The molecule has 0 aliphatic carbocycles. The standard InChI is InChI=1S/C13H15IN2O2/c1-9(2)17-8-7-12-15-13(16-18-12)10-3-5-11(14)6-4-10/h3-6,9H,7-8H2,1-2H3. The highest BCUT2D eigenvalue weighted by Crippen LogP contribution is 2.17. The third kappa shape index (κ3) is 3.78. The largest absolute Gasteiger partial charge is 0.378 e. The van der Waals surface area contributed by atoms with Crippen molar-refractivity contribution in [3.05, 3.63) is 33.7 Å². The molecule has 1 aromatic heterocycles. The molecule has 2 rings (SSSR count). The van der Waals surface area contributed by atoms with Crippen LogP contribution in [0.3, 0.4) is 0 Å². The summed E-state index contributed by atoms with van der Waals surface area (Å²) in [5.41, 5.74) is 0.968. The highest BCUT2D eigenvalue weighted by molar-refractivity contribution is 14.1. The number of ether oxygens (including phenoxy) is 1. The molecule has 0 aliphatic heterocycles. The molecule has 1 heterocycles. The Bertz CT molecular complexity index is 494. The van der Waals surface area contributed by atoms with Gasteiger partial charge in [0.15, 0.2) is 0 Å². The monoisotopic (exact) mass is 358 g/mol. The third-order valence-corrected chi connectivity index (χ3v) is 3.06. The van der Waals surface area contributed by atoms with E-state index in [1.807, 2.05) is 38.1 Å². The van der Waals surface area contributed by atoms with Crippen molar-refractivity contribution in [2.24, 2.45) is 0 Å². The molecular weight excluding hydrogens is 343 g/mol. The second kappa shape index (κ2) is 6.29.